The molecule has 0 aromatic heterocycles. The van der Waals surface area contributed by atoms with Gasteiger partial charge in [-0.3, -0.25) is 4.90 Å². The molecule has 4 nitrogen and oxygen atoms in total. The van der Waals surface area contributed by atoms with Crippen molar-refractivity contribution >= 4 is 11.7 Å². The molecule has 2 amide bonds. The summed E-state index contributed by atoms with van der Waals surface area (Å²) in [4.78, 5) is 12.9. The van der Waals surface area contributed by atoms with Gasteiger partial charge in [-0.25, -0.2) is 4.79 Å². The lowest BCUT2D eigenvalue weighted by Gasteiger charge is -2.25. The Hall–Kier alpha value is -1.71. The number of carbonyl (C=O) groups excluding carboxylic acids is 1. The molecule has 2 N–H and O–H groups in total. The maximum atomic E-state index is 11.4. The van der Waals surface area contributed by atoms with E-state index in [1.807, 2.05) is 32.0 Å². The zero-order valence-corrected chi connectivity index (χ0v) is 9.56. The van der Waals surface area contributed by atoms with Crippen molar-refractivity contribution in [3.8, 4) is 5.75 Å². The van der Waals surface area contributed by atoms with Gasteiger partial charge in [0.05, 0.1) is 6.61 Å². The van der Waals surface area contributed by atoms with E-state index >= 15 is 0 Å². The number of amides is 2. The van der Waals surface area contributed by atoms with Crippen LogP contribution in [-0.4, -0.2) is 18.7 Å². The number of hydrogen-bond acceptors (Lipinski definition) is 2. The van der Waals surface area contributed by atoms with Crippen molar-refractivity contribution in [2.24, 2.45) is 5.73 Å². The van der Waals surface area contributed by atoms with Crippen LogP contribution in [0.15, 0.2) is 18.2 Å². The molecule has 0 saturated carbocycles. The summed E-state index contributed by atoms with van der Waals surface area (Å²) in [5.41, 5.74) is 7.35. The van der Waals surface area contributed by atoms with E-state index in [1.165, 1.54) is 0 Å². The van der Waals surface area contributed by atoms with Gasteiger partial charge in [0.2, 0.25) is 0 Å². The van der Waals surface area contributed by atoms with E-state index in [0.29, 0.717) is 0 Å². The van der Waals surface area contributed by atoms with E-state index in [1.54, 1.807) is 4.90 Å². The van der Waals surface area contributed by atoms with Gasteiger partial charge in [-0.15, -0.1) is 0 Å². The SMILES string of the molecule is CC(C)N(C(N)=O)c1ccc2c(c1)CCO2. The molecule has 1 aliphatic rings. The highest BCUT2D eigenvalue weighted by Crippen LogP contribution is 2.30. The standard InChI is InChI=1S/C12H16N2O2/c1-8(2)14(12(13)15)10-3-4-11-9(7-10)5-6-16-11/h3-4,7-8H,5-6H2,1-2H3,(H2,13,15). The number of primary amides is 1. The van der Waals surface area contributed by atoms with Crippen molar-refractivity contribution < 1.29 is 9.53 Å². The fourth-order valence-corrected chi connectivity index (χ4v) is 2.00. The maximum absolute atomic E-state index is 11.4. The minimum Gasteiger partial charge on any atom is -0.493 e. The summed E-state index contributed by atoms with van der Waals surface area (Å²) in [6.45, 7) is 4.60. The van der Waals surface area contributed by atoms with Crippen molar-refractivity contribution in [3.63, 3.8) is 0 Å². The smallest absolute Gasteiger partial charge is 0.319 e. The summed E-state index contributed by atoms with van der Waals surface area (Å²) in [5.74, 6) is 0.914. The number of benzene rings is 1. The molecule has 2 rings (SSSR count). The van der Waals surface area contributed by atoms with E-state index in [4.69, 9.17) is 10.5 Å². The number of hydrogen-bond donors (Lipinski definition) is 1. The topological polar surface area (TPSA) is 55.6 Å². The molecule has 1 heterocycles. The third-order valence-electron chi connectivity index (χ3n) is 2.71. The second kappa shape index (κ2) is 4.04. The number of fused-ring (bicyclic) bond motifs is 1. The number of ether oxygens (including phenoxy) is 1. The maximum Gasteiger partial charge on any atom is 0.319 e. The number of carbonyl (C=O) groups is 1. The van der Waals surface area contributed by atoms with Crippen molar-refractivity contribution in [1.82, 2.24) is 0 Å². The molecule has 0 unspecified atom stereocenters. The highest BCUT2D eigenvalue weighted by molar-refractivity contribution is 5.91. The Morgan fingerprint density at radius 2 is 2.25 bits per heavy atom. The van der Waals surface area contributed by atoms with Crippen molar-refractivity contribution in [2.75, 3.05) is 11.5 Å². The second-order valence-electron chi connectivity index (χ2n) is 4.19. The normalized spacial score (nSPS) is 13.4. The molecule has 4 heteroatoms. The van der Waals surface area contributed by atoms with Crippen LogP contribution in [0.1, 0.15) is 19.4 Å². The Balaban J connectivity index is 2.35. The molecule has 16 heavy (non-hydrogen) atoms. The molecule has 1 aromatic rings. The van der Waals surface area contributed by atoms with Gasteiger partial charge in [0.15, 0.2) is 0 Å². The average molecular weight is 220 g/mol. The lowest BCUT2D eigenvalue weighted by molar-refractivity contribution is 0.252. The molecule has 1 aromatic carbocycles. The van der Waals surface area contributed by atoms with Crippen LogP contribution in [-0.2, 0) is 6.42 Å². The van der Waals surface area contributed by atoms with E-state index in [-0.39, 0.29) is 6.04 Å². The summed E-state index contributed by atoms with van der Waals surface area (Å²) >= 11 is 0. The van der Waals surface area contributed by atoms with Crippen LogP contribution in [0.3, 0.4) is 0 Å². The highest BCUT2D eigenvalue weighted by atomic mass is 16.5. The molecular weight excluding hydrogens is 204 g/mol. The van der Waals surface area contributed by atoms with Gasteiger partial charge in [-0.05, 0) is 37.6 Å². The minimum absolute atomic E-state index is 0.0536. The van der Waals surface area contributed by atoms with Crippen LogP contribution in [0, 0.1) is 0 Å². The fourth-order valence-electron chi connectivity index (χ4n) is 2.00. The monoisotopic (exact) mass is 220 g/mol. The predicted molar refractivity (Wildman–Crippen MR) is 62.8 cm³/mol. The van der Waals surface area contributed by atoms with Gasteiger partial charge in [0.1, 0.15) is 5.75 Å². The first kappa shape index (κ1) is 10.8. The van der Waals surface area contributed by atoms with Crippen molar-refractivity contribution in [2.45, 2.75) is 26.3 Å². The zero-order chi connectivity index (χ0) is 11.7. The Labute approximate surface area is 95.0 Å². The lowest BCUT2D eigenvalue weighted by atomic mass is 10.1. The molecule has 0 fully saturated rings. The summed E-state index contributed by atoms with van der Waals surface area (Å²) in [6, 6.07) is 5.38. The van der Waals surface area contributed by atoms with E-state index in [9.17, 15) is 4.79 Å². The third-order valence-corrected chi connectivity index (χ3v) is 2.71. The van der Waals surface area contributed by atoms with Crippen LogP contribution < -0.4 is 15.4 Å². The van der Waals surface area contributed by atoms with Gasteiger partial charge in [-0.1, -0.05) is 0 Å². The fraction of sp³-hybridized carbons (Fsp3) is 0.417. The van der Waals surface area contributed by atoms with Gasteiger partial charge < -0.3 is 10.5 Å². The van der Waals surface area contributed by atoms with Crippen molar-refractivity contribution in [3.05, 3.63) is 23.8 Å². The molecule has 0 radical (unpaired) electrons. The summed E-state index contributed by atoms with van der Waals surface area (Å²) in [5, 5.41) is 0. The molecule has 86 valence electrons. The Bertz CT molecular complexity index is 415. The molecular formula is C12H16N2O2. The number of nitrogens with zero attached hydrogens (tertiary/aromatic N) is 1. The highest BCUT2D eigenvalue weighted by Gasteiger charge is 2.19. The number of nitrogens with two attached hydrogens (primary N) is 1. The quantitative estimate of drug-likeness (QED) is 0.827. The molecule has 0 atom stereocenters. The van der Waals surface area contributed by atoms with Crippen LogP contribution in [0.2, 0.25) is 0 Å². The minimum atomic E-state index is -0.422. The largest absolute Gasteiger partial charge is 0.493 e. The third kappa shape index (κ3) is 1.83. The molecule has 0 aliphatic carbocycles. The molecule has 0 bridgehead atoms. The first-order valence-electron chi connectivity index (χ1n) is 5.44. The van der Waals surface area contributed by atoms with Crippen LogP contribution in [0.4, 0.5) is 10.5 Å². The van der Waals surface area contributed by atoms with Gasteiger partial charge in [0.25, 0.3) is 0 Å². The number of anilines is 1. The predicted octanol–water partition coefficient (Wildman–Crippen LogP) is 1.92. The average Bonchev–Trinajstić information content (AvgIpc) is 2.63. The zero-order valence-electron chi connectivity index (χ0n) is 9.56. The van der Waals surface area contributed by atoms with Crippen molar-refractivity contribution in [1.29, 1.82) is 0 Å². The number of urea groups is 1. The first-order valence-corrected chi connectivity index (χ1v) is 5.44. The summed E-state index contributed by atoms with van der Waals surface area (Å²) < 4.78 is 5.42. The van der Waals surface area contributed by atoms with E-state index < -0.39 is 6.03 Å². The Morgan fingerprint density at radius 1 is 1.50 bits per heavy atom. The number of rotatable bonds is 2. The Morgan fingerprint density at radius 3 is 2.88 bits per heavy atom. The van der Waals surface area contributed by atoms with Crippen LogP contribution >= 0.6 is 0 Å². The first-order chi connectivity index (χ1) is 7.59. The molecule has 0 spiro atoms. The van der Waals surface area contributed by atoms with Gasteiger partial charge >= 0.3 is 6.03 Å². The lowest BCUT2D eigenvalue weighted by Crippen LogP contribution is -2.40. The summed E-state index contributed by atoms with van der Waals surface area (Å²) in [6.07, 6.45) is 0.897. The van der Waals surface area contributed by atoms with Crippen LogP contribution in [0.5, 0.6) is 5.75 Å². The van der Waals surface area contributed by atoms with E-state index in [0.717, 1.165) is 30.0 Å². The van der Waals surface area contributed by atoms with E-state index in [2.05, 4.69) is 0 Å². The Kier molecular flexibility index (Phi) is 2.73. The molecule has 1 aliphatic heterocycles. The van der Waals surface area contributed by atoms with Gasteiger partial charge in [-0.2, -0.15) is 0 Å². The van der Waals surface area contributed by atoms with Gasteiger partial charge in [0, 0.05) is 18.2 Å². The molecule has 0 saturated heterocycles. The van der Waals surface area contributed by atoms with Crippen LogP contribution in [0.25, 0.3) is 0 Å². The second-order valence-corrected chi connectivity index (χ2v) is 4.19. The summed E-state index contributed by atoms with van der Waals surface area (Å²) in [7, 11) is 0.